The fourth-order valence-electron chi connectivity index (χ4n) is 16.7. The van der Waals surface area contributed by atoms with Gasteiger partial charge in [-0.2, -0.15) is 0 Å². The predicted molar refractivity (Wildman–Crippen MR) is 379 cm³/mol. The van der Waals surface area contributed by atoms with E-state index in [2.05, 4.69) is 344 Å². The van der Waals surface area contributed by atoms with E-state index < -0.39 is 5.41 Å². The number of rotatable bonds is 7. The molecule has 90 heavy (non-hydrogen) atoms. The molecule has 3 heteroatoms. The first kappa shape index (κ1) is 54.2. The van der Waals surface area contributed by atoms with E-state index in [0.29, 0.717) is 0 Å². The van der Waals surface area contributed by atoms with E-state index in [1.54, 1.807) is 0 Å². The minimum absolute atomic E-state index is 0.0180. The first-order chi connectivity index (χ1) is 43.4. The van der Waals surface area contributed by atoms with E-state index in [1.165, 1.54) is 122 Å². The normalized spacial score (nSPS) is 14.8. The molecular weight excluding hydrogens is 1090 g/mol. The quantitative estimate of drug-likeness (QED) is 0.158. The Morgan fingerprint density at radius 1 is 0.311 bits per heavy atom. The van der Waals surface area contributed by atoms with Crippen LogP contribution in [-0.2, 0) is 27.1 Å². The monoisotopic (exact) mass is 1160 g/mol. The van der Waals surface area contributed by atoms with Crippen molar-refractivity contribution in [3.63, 3.8) is 0 Å². The molecule has 1 spiro atoms. The van der Waals surface area contributed by atoms with Crippen LogP contribution in [0.1, 0.15) is 125 Å². The van der Waals surface area contributed by atoms with Crippen LogP contribution in [0.15, 0.2) is 261 Å². The van der Waals surface area contributed by atoms with Crippen molar-refractivity contribution in [2.45, 2.75) is 96.3 Å². The van der Waals surface area contributed by atoms with Crippen molar-refractivity contribution in [1.29, 1.82) is 0 Å². The highest BCUT2D eigenvalue weighted by Crippen LogP contribution is 2.68. The number of nitrogens with zero attached hydrogens (tertiary/aromatic N) is 3. The average molecular weight is 1160 g/mol. The van der Waals surface area contributed by atoms with Crippen LogP contribution in [0.25, 0.3) is 72.0 Å². The molecule has 1 aromatic heterocycles. The first-order valence-electron chi connectivity index (χ1n) is 32.2. The van der Waals surface area contributed by atoms with Crippen molar-refractivity contribution in [3.05, 3.63) is 316 Å². The van der Waals surface area contributed by atoms with E-state index in [-0.39, 0.29) is 21.7 Å². The Morgan fingerprint density at radius 3 is 1.26 bits per heavy atom. The molecule has 0 atom stereocenters. The Balaban J connectivity index is 1.03. The zero-order chi connectivity index (χ0) is 61.4. The first-order valence-corrected chi connectivity index (χ1v) is 32.2. The lowest BCUT2D eigenvalue weighted by Gasteiger charge is -2.34. The third-order valence-electron chi connectivity index (χ3n) is 21.1. The van der Waals surface area contributed by atoms with E-state index in [1.807, 2.05) is 0 Å². The Morgan fingerprint density at radius 2 is 0.722 bits per heavy atom. The van der Waals surface area contributed by atoms with Gasteiger partial charge in [-0.3, -0.25) is 0 Å². The zero-order valence-corrected chi connectivity index (χ0v) is 53.2. The number of hydrogen-bond acceptors (Lipinski definition) is 2. The van der Waals surface area contributed by atoms with Gasteiger partial charge < -0.3 is 14.4 Å². The summed E-state index contributed by atoms with van der Waals surface area (Å²) in [7, 11) is 0. The van der Waals surface area contributed by atoms with Crippen molar-refractivity contribution in [2.75, 3.05) is 9.80 Å². The van der Waals surface area contributed by atoms with Gasteiger partial charge in [-0.25, -0.2) is 0 Å². The van der Waals surface area contributed by atoms with Gasteiger partial charge in [0, 0.05) is 66.9 Å². The number of para-hydroxylation sites is 2. The van der Waals surface area contributed by atoms with Gasteiger partial charge in [0.25, 0.3) is 0 Å². The highest BCUT2D eigenvalue weighted by Gasteiger charge is 2.55. The second-order valence-electron chi connectivity index (χ2n) is 28.9. The van der Waals surface area contributed by atoms with Crippen molar-refractivity contribution in [3.8, 4) is 50.2 Å². The molecule has 17 rings (SSSR count). The minimum atomic E-state index is -0.797. The largest absolute Gasteiger partial charge is 0.310 e. The molecular formula is C87H73N3. The van der Waals surface area contributed by atoms with Crippen LogP contribution >= 0.6 is 0 Å². The zero-order valence-electron chi connectivity index (χ0n) is 53.2. The number of aromatic nitrogens is 1. The molecule has 0 unspecified atom stereocenters. The molecule has 4 aliphatic rings. The van der Waals surface area contributed by atoms with E-state index in [9.17, 15) is 0 Å². The van der Waals surface area contributed by atoms with Crippen LogP contribution in [0.4, 0.5) is 34.1 Å². The summed E-state index contributed by atoms with van der Waals surface area (Å²) < 4.78 is 2.59. The maximum Gasteiger partial charge on any atom is 0.0747 e. The Kier molecular flexibility index (Phi) is 11.5. The van der Waals surface area contributed by atoms with Crippen molar-refractivity contribution in [1.82, 2.24) is 4.57 Å². The van der Waals surface area contributed by atoms with Crippen LogP contribution in [-0.4, -0.2) is 4.57 Å². The van der Waals surface area contributed by atoms with Crippen LogP contribution in [0.5, 0.6) is 0 Å². The molecule has 0 amide bonds. The molecule has 13 aromatic rings. The van der Waals surface area contributed by atoms with Crippen LogP contribution in [0.2, 0.25) is 0 Å². The summed E-state index contributed by atoms with van der Waals surface area (Å²) in [5.41, 5.74) is 32.5. The topological polar surface area (TPSA) is 11.4 Å². The lowest BCUT2D eigenvalue weighted by Crippen LogP contribution is -2.27. The maximum atomic E-state index is 2.62. The van der Waals surface area contributed by atoms with Crippen molar-refractivity contribution < 1.29 is 0 Å². The van der Waals surface area contributed by atoms with Gasteiger partial charge in [-0.15, -0.1) is 0 Å². The second-order valence-corrected chi connectivity index (χ2v) is 28.9. The average Bonchev–Trinajstić information content (AvgIpc) is 1.49. The molecule has 436 valence electrons. The SMILES string of the molecule is CC(C)(C)c1ccc(N(c2ccc3c(c2)-c2ccccc2C3(C)C)c2ccc3c(c2)C2(c4ccccc4-c4ccccc42)c2c-3c(N(c3ccc(C(C)(C)C)cc3)c3ccc4c(c3)-c3ccccc3C4(C)C)cc3c4ccccc4n(-c4ccccc4)c23)cc1. The molecule has 3 nitrogen and oxygen atoms in total. The molecule has 0 aliphatic heterocycles. The van der Waals surface area contributed by atoms with Crippen molar-refractivity contribution in [2.24, 2.45) is 0 Å². The molecule has 0 saturated heterocycles. The number of anilines is 6. The highest BCUT2D eigenvalue weighted by molar-refractivity contribution is 6.18. The summed E-state index contributed by atoms with van der Waals surface area (Å²) in [5.74, 6) is 0. The van der Waals surface area contributed by atoms with Crippen LogP contribution < -0.4 is 9.80 Å². The smallest absolute Gasteiger partial charge is 0.0747 e. The molecule has 0 radical (unpaired) electrons. The van der Waals surface area contributed by atoms with Gasteiger partial charge in [0.2, 0.25) is 0 Å². The van der Waals surface area contributed by atoms with Gasteiger partial charge in [0.05, 0.1) is 22.1 Å². The number of fused-ring (bicyclic) bond motifs is 20. The lowest BCUT2D eigenvalue weighted by molar-refractivity contribution is 0.590. The fraction of sp³-hybridized carbons (Fsp3) is 0.172. The highest BCUT2D eigenvalue weighted by atomic mass is 15.2. The van der Waals surface area contributed by atoms with Gasteiger partial charge >= 0.3 is 0 Å². The minimum Gasteiger partial charge on any atom is -0.310 e. The Labute approximate surface area is 530 Å². The van der Waals surface area contributed by atoms with Gasteiger partial charge in [-0.05, 0) is 185 Å². The Bertz CT molecular complexity index is 5090. The van der Waals surface area contributed by atoms with Gasteiger partial charge in [0.1, 0.15) is 0 Å². The molecule has 0 bridgehead atoms. The van der Waals surface area contributed by atoms with E-state index in [4.69, 9.17) is 0 Å². The summed E-state index contributed by atoms with van der Waals surface area (Å²) in [6.07, 6.45) is 0. The summed E-state index contributed by atoms with van der Waals surface area (Å²) in [5, 5.41) is 2.42. The third-order valence-corrected chi connectivity index (χ3v) is 21.1. The number of hydrogen-bond donors (Lipinski definition) is 0. The van der Waals surface area contributed by atoms with Crippen molar-refractivity contribution >= 4 is 55.9 Å². The van der Waals surface area contributed by atoms with Crippen LogP contribution in [0.3, 0.4) is 0 Å². The fourth-order valence-corrected chi connectivity index (χ4v) is 16.7. The van der Waals surface area contributed by atoms with E-state index in [0.717, 1.165) is 39.8 Å². The standard InChI is InChI=1S/C87H73N3/c1-83(2,3)54-36-40-57(41-37-54)88(59-45-48-73-68(50-59)64-28-14-19-31-71(64)85(73,7)8)61-44-47-67-77(52-61)87(75-33-21-16-26-62(75)63-27-17-22-34-76(63)87)81-80(67)79(53-70-66-30-18-23-35-78(66)90(82(70)81)56-24-12-11-13-25-56)89(58-42-38-55(39-43-58)84(4,5)6)60-46-49-74-69(51-60)65-29-15-20-32-72(65)86(74,9)10/h11-53H,1-10H3. The predicted octanol–water partition coefficient (Wildman–Crippen LogP) is 23.3. The summed E-state index contributed by atoms with van der Waals surface area (Å²) in [6, 6.07) is 101. The van der Waals surface area contributed by atoms with Crippen LogP contribution in [0, 0.1) is 0 Å². The molecule has 4 aliphatic carbocycles. The van der Waals surface area contributed by atoms with Gasteiger partial charge in [-0.1, -0.05) is 245 Å². The molecule has 0 saturated carbocycles. The molecule has 0 N–H and O–H groups in total. The van der Waals surface area contributed by atoms with Gasteiger partial charge in [0.15, 0.2) is 0 Å². The molecule has 1 heterocycles. The maximum absolute atomic E-state index is 2.62. The molecule has 12 aromatic carbocycles. The lowest BCUT2D eigenvalue weighted by atomic mass is 9.70. The second kappa shape index (κ2) is 19.0. The summed E-state index contributed by atoms with van der Waals surface area (Å²) >= 11 is 0. The summed E-state index contributed by atoms with van der Waals surface area (Å²) in [6.45, 7) is 23.4. The Hall–Kier alpha value is -9.96. The van der Waals surface area contributed by atoms with E-state index >= 15 is 0 Å². The number of benzene rings is 12. The molecule has 0 fully saturated rings. The summed E-state index contributed by atoms with van der Waals surface area (Å²) in [4.78, 5) is 5.15. The third kappa shape index (κ3) is 7.53.